The standard InChI is InChI=1S/2C11H13O.Al.H2O/c2*1-11(2,3)10-6-4-9(8-12)5-7-10;;/h2*4-7H,1-3H3;;1H2. The van der Waals surface area contributed by atoms with Crippen LogP contribution in [0.25, 0.3) is 0 Å². The zero-order valence-corrected chi connectivity index (χ0v) is 17.7. The summed E-state index contributed by atoms with van der Waals surface area (Å²) < 4.78 is -0.101. The summed E-state index contributed by atoms with van der Waals surface area (Å²) in [4.78, 5) is 24.9. The van der Waals surface area contributed by atoms with Crippen LogP contribution in [-0.4, -0.2) is 30.0 Å². The second-order valence-electron chi connectivity index (χ2n) is 8.53. The first-order chi connectivity index (χ1) is 11.5. The van der Waals surface area contributed by atoms with E-state index in [9.17, 15) is 9.59 Å². The Morgan fingerprint density at radius 1 is 0.615 bits per heavy atom. The third kappa shape index (κ3) is 5.64. The molecule has 0 aromatic heterocycles. The molecule has 0 aliphatic heterocycles. The minimum absolute atomic E-state index is 0. The number of rotatable bonds is 4. The summed E-state index contributed by atoms with van der Waals surface area (Å²) in [5.74, 6) is 0. The number of carbonyl (C=O) groups is 2. The molecule has 26 heavy (non-hydrogen) atoms. The summed E-state index contributed by atoms with van der Waals surface area (Å²) >= 11 is -0.942. The monoisotopic (exact) mass is 367 g/mol. The molecule has 2 aromatic carbocycles. The van der Waals surface area contributed by atoms with Crippen molar-refractivity contribution in [1.29, 1.82) is 0 Å². The third-order valence-electron chi connectivity index (χ3n) is 4.33. The van der Waals surface area contributed by atoms with E-state index in [0.29, 0.717) is 11.1 Å². The summed E-state index contributed by atoms with van der Waals surface area (Å²) in [5.41, 5.74) is 3.73. The summed E-state index contributed by atoms with van der Waals surface area (Å²) in [6.45, 7) is 12.8. The first-order valence-electron chi connectivity index (χ1n) is 8.63. The minimum atomic E-state index is -0.942. The quantitative estimate of drug-likeness (QED) is 0.762. The smallest absolute Gasteiger partial charge is 0.412 e. The predicted molar refractivity (Wildman–Crippen MR) is 108 cm³/mol. The van der Waals surface area contributed by atoms with Crippen LogP contribution in [0.1, 0.15) is 73.4 Å². The Balaban J connectivity index is 0.00000338. The van der Waals surface area contributed by atoms with Gasteiger partial charge in [0, 0.05) is 0 Å². The van der Waals surface area contributed by atoms with Gasteiger partial charge >= 0.3 is 15.2 Å². The van der Waals surface area contributed by atoms with E-state index in [4.69, 9.17) is 0 Å². The van der Waals surface area contributed by atoms with Crippen LogP contribution in [0.15, 0.2) is 48.5 Å². The van der Waals surface area contributed by atoms with Crippen LogP contribution in [0, 0.1) is 0 Å². The molecule has 0 amide bonds. The summed E-state index contributed by atoms with van der Waals surface area (Å²) in [6, 6.07) is 15.3. The van der Waals surface area contributed by atoms with E-state index in [0.717, 1.165) is 0 Å². The van der Waals surface area contributed by atoms with Gasteiger partial charge in [0.05, 0.1) is 9.29 Å². The fraction of sp³-hybridized carbons (Fsp3) is 0.364. The van der Waals surface area contributed by atoms with Crippen molar-refractivity contribution in [1.82, 2.24) is 0 Å². The van der Waals surface area contributed by atoms with Gasteiger partial charge < -0.3 is 15.1 Å². The molecule has 3 nitrogen and oxygen atoms in total. The highest BCUT2D eigenvalue weighted by molar-refractivity contribution is 7.01. The summed E-state index contributed by atoms with van der Waals surface area (Å²) in [7, 11) is 0. The predicted octanol–water partition coefficient (Wildman–Crippen LogP) is 4.14. The molecule has 0 aliphatic rings. The lowest BCUT2D eigenvalue weighted by Crippen LogP contribution is -2.21. The highest BCUT2D eigenvalue weighted by atomic mass is 27.1. The van der Waals surface area contributed by atoms with E-state index in [2.05, 4.69) is 41.5 Å². The van der Waals surface area contributed by atoms with E-state index in [-0.39, 0.29) is 25.6 Å². The molecule has 137 valence electrons. The van der Waals surface area contributed by atoms with Crippen molar-refractivity contribution < 1.29 is 15.1 Å². The fourth-order valence-electron chi connectivity index (χ4n) is 2.55. The minimum Gasteiger partial charge on any atom is -0.412 e. The molecule has 4 heteroatoms. The lowest BCUT2D eigenvalue weighted by atomic mass is 9.87. The maximum Gasteiger partial charge on any atom is 0.437 e. The molecular weight excluding hydrogens is 339 g/mol. The molecule has 0 heterocycles. The van der Waals surface area contributed by atoms with Crippen LogP contribution < -0.4 is 0 Å². The number of hydrogen-bond donors (Lipinski definition) is 0. The molecule has 0 aliphatic carbocycles. The Hall–Kier alpha value is -1.73. The molecule has 0 fully saturated rings. The molecule has 0 saturated carbocycles. The van der Waals surface area contributed by atoms with Crippen LogP contribution in [0.5, 0.6) is 0 Å². The lowest BCUT2D eigenvalue weighted by molar-refractivity contribution is 0.104. The van der Waals surface area contributed by atoms with E-state index >= 15 is 0 Å². The maximum atomic E-state index is 12.4. The molecular formula is C22H28AlO3. The Bertz CT molecular complexity index is 694. The van der Waals surface area contributed by atoms with Gasteiger partial charge in [-0.15, -0.1) is 0 Å². The number of benzene rings is 2. The lowest BCUT2D eigenvalue weighted by Gasteiger charge is -2.19. The highest BCUT2D eigenvalue weighted by Gasteiger charge is 2.20. The molecule has 2 N–H and O–H groups in total. The zero-order valence-electron chi connectivity index (χ0n) is 16.5. The Morgan fingerprint density at radius 2 is 0.885 bits per heavy atom. The van der Waals surface area contributed by atoms with Gasteiger partial charge in [-0.3, -0.25) is 0 Å². The number of carbonyl (C=O) groups excluding carboxylic acids is 2. The van der Waals surface area contributed by atoms with Crippen molar-refractivity contribution in [2.24, 2.45) is 0 Å². The van der Waals surface area contributed by atoms with Gasteiger partial charge in [0.2, 0.25) is 0 Å². The normalized spacial score (nSPS) is 11.5. The van der Waals surface area contributed by atoms with Crippen molar-refractivity contribution in [3.63, 3.8) is 0 Å². The van der Waals surface area contributed by atoms with E-state index in [1.165, 1.54) is 11.1 Å². The van der Waals surface area contributed by atoms with Crippen LogP contribution in [0.3, 0.4) is 0 Å². The van der Waals surface area contributed by atoms with Gasteiger partial charge in [0.1, 0.15) is 0 Å². The summed E-state index contributed by atoms with van der Waals surface area (Å²) in [5, 5.41) is 0. The van der Waals surface area contributed by atoms with Crippen molar-refractivity contribution in [2.45, 2.75) is 52.4 Å². The van der Waals surface area contributed by atoms with Crippen LogP contribution in [0.2, 0.25) is 0 Å². The third-order valence-corrected chi connectivity index (χ3v) is 5.52. The van der Waals surface area contributed by atoms with Crippen LogP contribution in [-0.2, 0) is 10.8 Å². The van der Waals surface area contributed by atoms with Crippen LogP contribution >= 0.6 is 0 Å². The van der Waals surface area contributed by atoms with E-state index < -0.39 is 15.2 Å². The first-order valence-corrected chi connectivity index (χ1v) is 9.78. The molecule has 2 rings (SSSR count). The molecule has 0 unspecified atom stereocenters. The van der Waals surface area contributed by atoms with Crippen molar-refractivity contribution in [2.75, 3.05) is 0 Å². The Kier molecular flexibility index (Phi) is 7.13. The van der Waals surface area contributed by atoms with Gasteiger partial charge in [-0.05, 0) is 33.1 Å². The SMILES string of the molecule is CC(C)(C)c1ccc([C](=O)[Al][C](=O)c2ccc(C(C)(C)C)cc2)cc1.O. The Morgan fingerprint density at radius 3 is 1.12 bits per heavy atom. The molecule has 1 radical (unpaired) electrons. The molecule has 2 aromatic rings. The average Bonchev–Trinajstić information content (AvgIpc) is 2.53. The van der Waals surface area contributed by atoms with Gasteiger partial charge in [0.25, 0.3) is 0 Å². The van der Waals surface area contributed by atoms with E-state index in [1.807, 2.05) is 48.5 Å². The van der Waals surface area contributed by atoms with Crippen LogP contribution in [0.4, 0.5) is 0 Å². The van der Waals surface area contributed by atoms with Crippen molar-refractivity contribution in [3.05, 3.63) is 70.8 Å². The highest BCUT2D eigenvalue weighted by Crippen LogP contribution is 2.23. The van der Waals surface area contributed by atoms with Crippen molar-refractivity contribution >= 4 is 24.5 Å². The van der Waals surface area contributed by atoms with Gasteiger partial charge in [-0.2, -0.15) is 0 Å². The average molecular weight is 367 g/mol. The molecule has 0 saturated heterocycles. The van der Waals surface area contributed by atoms with Gasteiger partial charge in [-0.1, -0.05) is 90.1 Å². The van der Waals surface area contributed by atoms with Crippen molar-refractivity contribution in [3.8, 4) is 0 Å². The topological polar surface area (TPSA) is 65.6 Å². The molecule has 0 spiro atoms. The molecule has 0 atom stereocenters. The first kappa shape index (κ1) is 22.3. The second-order valence-corrected chi connectivity index (χ2v) is 9.86. The fourth-order valence-corrected chi connectivity index (χ4v) is 3.51. The van der Waals surface area contributed by atoms with Gasteiger partial charge in [-0.25, -0.2) is 0 Å². The zero-order chi connectivity index (χ0) is 18.8. The largest absolute Gasteiger partial charge is 0.437 e. The van der Waals surface area contributed by atoms with E-state index in [1.54, 1.807) is 0 Å². The molecule has 0 bridgehead atoms. The summed E-state index contributed by atoms with van der Waals surface area (Å²) in [6.07, 6.45) is 0. The maximum absolute atomic E-state index is 12.4. The second kappa shape index (κ2) is 8.31. The number of hydrogen-bond acceptors (Lipinski definition) is 2. The van der Waals surface area contributed by atoms with Gasteiger partial charge in [0.15, 0.2) is 0 Å². The Labute approximate surface area is 162 Å².